The monoisotopic (exact) mass is 354 g/mol. The van der Waals surface area contributed by atoms with Crippen LogP contribution < -0.4 is 5.32 Å². The lowest BCUT2D eigenvalue weighted by Gasteiger charge is -2.17. The lowest BCUT2D eigenvalue weighted by molar-refractivity contribution is -0.121. The average Bonchev–Trinajstić information content (AvgIpc) is 3.10. The van der Waals surface area contributed by atoms with Gasteiger partial charge in [-0.15, -0.1) is 0 Å². The molecule has 128 valence electrons. The van der Waals surface area contributed by atoms with Gasteiger partial charge in [0.1, 0.15) is 6.26 Å². The maximum Gasteiger partial charge on any atom is 0.226 e. The van der Waals surface area contributed by atoms with E-state index in [2.05, 4.69) is 10.3 Å². The Morgan fingerprint density at radius 3 is 2.56 bits per heavy atom. The normalized spacial score (nSPS) is 11.9. The first-order valence-electron chi connectivity index (χ1n) is 8.20. The number of hydrogen-bond donors (Lipinski definition) is 1. The summed E-state index contributed by atoms with van der Waals surface area (Å²) in [5, 5.41) is 3.72. The minimum Gasteiger partial charge on any atom is -0.444 e. The molecule has 0 radical (unpaired) electrons. The van der Waals surface area contributed by atoms with E-state index in [4.69, 9.17) is 16.0 Å². The van der Waals surface area contributed by atoms with Gasteiger partial charge < -0.3 is 9.73 Å². The van der Waals surface area contributed by atoms with Crippen LogP contribution in [-0.2, 0) is 11.2 Å². The summed E-state index contributed by atoms with van der Waals surface area (Å²) in [5.41, 5.74) is 2.54. The number of amides is 1. The Morgan fingerprint density at radius 1 is 1.16 bits per heavy atom. The molecule has 25 heavy (non-hydrogen) atoms. The number of hydrogen-bond acceptors (Lipinski definition) is 3. The highest BCUT2D eigenvalue weighted by atomic mass is 35.5. The van der Waals surface area contributed by atoms with E-state index in [1.807, 2.05) is 61.5 Å². The molecule has 5 heteroatoms. The van der Waals surface area contributed by atoms with Crippen LogP contribution >= 0.6 is 11.6 Å². The average molecular weight is 355 g/mol. The molecule has 0 aliphatic carbocycles. The molecule has 4 nitrogen and oxygen atoms in total. The van der Waals surface area contributed by atoms with Crippen LogP contribution in [0.2, 0.25) is 5.02 Å². The number of nitrogens with one attached hydrogen (secondary N) is 1. The van der Waals surface area contributed by atoms with Gasteiger partial charge in [-0.2, -0.15) is 0 Å². The molecule has 1 atom stereocenters. The molecular formula is C20H19ClN2O2. The Hall–Kier alpha value is -2.59. The molecule has 1 aromatic heterocycles. The zero-order chi connectivity index (χ0) is 17.6. The van der Waals surface area contributed by atoms with Crippen molar-refractivity contribution in [2.45, 2.75) is 25.8 Å². The molecule has 0 fully saturated rings. The summed E-state index contributed by atoms with van der Waals surface area (Å²) in [6, 6.07) is 17.1. The van der Waals surface area contributed by atoms with E-state index in [0.717, 1.165) is 17.5 Å². The molecule has 1 amide bonds. The van der Waals surface area contributed by atoms with Gasteiger partial charge in [0.25, 0.3) is 0 Å². The maximum absolute atomic E-state index is 12.3. The van der Waals surface area contributed by atoms with Gasteiger partial charge in [-0.05, 0) is 36.2 Å². The third-order valence-corrected chi connectivity index (χ3v) is 4.18. The van der Waals surface area contributed by atoms with Crippen molar-refractivity contribution < 1.29 is 9.21 Å². The van der Waals surface area contributed by atoms with E-state index in [9.17, 15) is 4.79 Å². The van der Waals surface area contributed by atoms with Gasteiger partial charge in [0, 0.05) is 10.6 Å². The van der Waals surface area contributed by atoms with Gasteiger partial charge in [0.15, 0.2) is 0 Å². The first kappa shape index (κ1) is 17.2. The largest absolute Gasteiger partial charge is 0.444 e. The van der Waals surface area contributed by atoms with Crippen LogP contribution in [0.25, 0.3) is 11.5 Å². The lowest BCUT2D eigenvalue weighted by atomic mass is 10.0. The standard InChI is InChI=1S/C20H19ClN2O2/c1-2-18(14-8-10-16(21)11-9-14)23-19(24)12-17-13-25-20(22-17)15-6-4-3-5-7-15/h3-11,13,18H,2,12H2,1H3,(H,23,24). The number of carbonyl (C=O) groups excluding carboxylic acids is 1. The Morgan fingerprint density at radius 2 is 1.88 bits per heavy atom. The molecule has 0 bridgehead atoms. The van der Waals surface area contributed by atoms with Crippen molar-refractivity contribution in [1.29, 1.82) is 0 Å². The number of aromatic nitrogens is 1. The summed E-state index contributed by atoms with van der Waals surface area (Å²) in [7, 11) is 0. The fourth-order valence-electron chi connectivity index (χ4n) is 2.63. The number of halogens is 1. The number of nitrogens with zero attached hydrogens (tertiary/aromatic N) is 1. The van der Waals surface area contributed by atoms with Crippen LogP contribution in [0.4, 0.5) is 0 Å². The van der Waals surface area contributed by atoms with E-state index in [-0.39, 0.29) is 18.4 Å². The van der Waals surface area contributed by atoms with Crippen LogP contribution in [0.1, 0.15) is 30.6 Å². The smallest absolute Gasteiger partial charge is 0.226 e. The molecule has 0 aliphatic heterocycles. The third kappa shape index (κ3) is 4.48. The predicted octanol–water partition coefficient (Wildman–Crippen LogP) is 4.81. The Kier molecular flexibility index (Phi) is 5.51. The van der Waals surface area contributed by atoms with Crippen molar-refractivity contribution in [1.82, 2.24) is 10.3 Å². The SMILES string of the molecule is CCC(NC(=O)Cc1coc(-c2ccccc2)n1)c1ccc(Cl)cc1. The minimum absolute atomic E-state index is 0.0507. The maximum atomic E-state index is 12.3. The van der Waals surface area contributed by atoms with Gasteiger partial charge in [-0.3, -0.25) is 4.79 Å². The van der Waals surface area contributed by atoms with Crippen molar-refractivity contribution in [3.63, 3.8) is 0 Å². The summed E-state index contributed by atoms with van der Waals surface area (Å²) in [6.45, 7) is 2.03. The Bertz CT molecular complexity index is 828. The predicted molar refractivity (Wildman–Crippen MR) is 98.3 cm³/mol. The molecule has 1 N–H and O–H groups in total. The summed E-state index contributed by atoms with van der Waals surface area (Å²) in [4.78, 5) is 16.7. The van der Waals surface area contributed by atoms with E-state index >= 15 is 0 Å². The van der Waals surface area contributed by atoms with Crippen molar-refractivity contribution in [2.75, 3.05) is 0 Å². The van der Waals surface area contributed by atoms with E-state index in [1.165, 1.54) is 6.26 Å². The number of carbonyl (C=O) groups is 1. The van der Waals surface area contributed by atoms with Gasteiger partial charge in [0.05, 0.1) is 18.2 Å². The molecule has 0 saturated heterocycles. The zero-order valence-corrected chi connectivity index (χ0v) is 14.7. The highest BCUT2D eigenvalue weighted by Crippen LogP contribution is 2.20. The second kappa shape index (κ2) is 7.99. The summed E-state index contributed by atoms with van der Waals surface area (Å²) < 4.78 is 5.47. The highest BCUT2D eigenvalue weighted by Gasteiger charge is 2.15. The Balaban J connectivity index is 1.64. The van der Waals surface area contributed by atoms with Crippen molar-refractivity contribution in [3.05, 3.63) is 77.1 Å². The Labute approximate surface area is 151 Å². The quantitative estimate of drug-likeness (QED) is 0.691. The lowest BCUT2D eigenvalue weighted by Crippen LogP contribution is -2.29. The van der Waals surface area contributed by atoms with Crippen LogP contribution in [0.15, 0.2) is 65.3 Å². The molecule has 0 saturated carbocycles. The van der Waals surface area contributed by atoms with Crippen LogP contribution in [0.3, 0.4) is 0 Å². The van der Waals surface area contributed by atoms with Crippen molar-refractivity contribution in [2.24, 2.45) is 0 Å². The number of oxazole rings is 1. The summed E-state index contributed by atoms with van der Waals surface area (Å²) >= 11 is 5.92. The van der Waals surface area contributed by atoms with E-state index in [1.54, 1.807) is 0 Å². The first-order valence-corrected chi connectivity index (χ1v) is 8.58. The number of benzene rings is 2. The highest BCUT2D eigenvalue weighted by molar-refractivity contribution is 6.30. The molecule has 0 aliphatic rings. The molecule has 2 aromatic carbocycles. The van der Waals surface area contributed by atoms with Crippen LogP contribution in [0.5, 0.6) is 0 Å². The van der Waals surface area contributed by atoms with Gasteiger partial charge in [0.2, 0.25) is 11.8 Å². The van der Waals surface area contributed by atoms with Gasteiger partial charge >= 0.3 is 0 Å². The van der Waals surface area contributed by atoms with E-state index < -0.39 is 0 Å². The van der Waals surface area contributed by atoms with E-state index in [0.29, 0.717) is 16.6 Å². The second-order valence-electron chi connectivity index (χ2n) is 5.77. The van der Waals surface area contributed by atoms with Crippen LogP contribution in [-0.4, -0.2) is 10.9 Å². The van der Waals surface area contributed by atoms with Crippen molar-refractivity contribution in [3.8, 4) is 11.5 Å². The fourth-order valence-corrected chi connectivity index (χ4v) is 2.75. The molecule has 0 spiro atoms. The van der Waals surface area contributed by atoms with Gasteiger partial charge in [-0.25, -0.2) is 4.98 Å². The molecule has 3 aromatic rings. The minimum atomic E-state index is -0.0882. The summed E-state index contributed by atoms with van der Waals surface area (Å²) in [6.07, 6.45) is 2.51. The zero-order valence-electron chi connectivity index (χ0n) is 13.9. The number of rotatable bonds is 6. The first-order chi connectivity index (χ1) is 12.2. The fraction of sp³-hybridized carbons (Fsp3) is 0.200. The second-order valence-corrected chi connectivity index (χ2v) is 6.20. The topological polar surface area (TPSA) is 55.1 Å². The summed E-state index contributed by atoms with van der Waals surface area (Å²) in [5.74, 6) is 0.433. The molecular weight excluding hydrogens is 336 g/mol. The molecule has 1 unspecified atom stereocenters. The van der Waals surface area contributed by atoms with Crippen molar-refractivity contribution >= 4 is 17.5 Å². The van der Waals surface area contributed by atoms with Gasteiger partial charge in [-0.1, -0.05) is 48.9 Å². The molecule has 1 heterocycles. The molecule has 3 rings (SSSR count). The third-order valence-electron chi connectivity index (χ3n) is 3.93. The van der Waals surface area contributed by atoms with Crippen LogP contribution in [0, 0.1) is 0 Å².